The Kier molecular flexibility index (Phi) is 4.09. The van der Waals surface area contributed by atoms with E-state index in [-0.39, 0.29) is 5.75 Å². The van der Waals surface area contributed by atoms with Gasteiger partial charge in [0.05, 0.1) is 20.3 Å². The van der Waals surface area contributed by atoms with E-state index in [1.54, 1.807) is 0 Å². The fourth-order valence-corrected chi connectivity index (χ4v) is 1.29. The summed E-state index contributed by atoms with van der Waals surface area (Å²) in [4.78, 5) is 0. The molecule has 1 aromatic rings. The van der Waals surface area contributed by atoms with Crippen LogP contribution < -0.4 is 14.2 Å². The van der Waals surface area contributed by atoms with Gasteiger partial charge in [-0.15, -0.1) is 0 Å². The van der Waals surface area contributed by atoms with Gasteiger partial charge in [-0.2, -0.15) is 0 Å². The van der Waals surface area contributed by atoms with Gasteiger partial charge in [0.2, 0.25) is 5.75 Å². The third-order valence-electron chi connectivity index (χ3n) is 1.81. The highest BCUT2D eigenvalue weighted by Gasteiger charge is 2.13. The molecule has 4 nitrogen and oxygen atoms in total. The Balaban J connectivity index is 3.12. The van der Waals surface area contributed by atoms with Crippen LogP contribution >= 0.6 is 0 Å². The predicted octanol–water partition coefficient (Wildman–Crippen LogP) is 2.20. The van der Waals surface area contributed by atoms with E-state index in [0.29, 0.717) is 30.5 Å². The monoisotopic (exact) mass is 212 g/mol. The lowest BCUT2D eigenvalue weighted by Crippen LogP contribution is -1.99. The number of phenolic OH excluding ortho intramolecular Hbond substituents is 1. The van der Waals surface area contributed by atoms with Crippen molar-refractivity contribution in [3.05, 3.63) is 12.1 Å². The molecule has 1 aromatic carbocycles. The summed E-state index contributed by atoms with van der Waals surface area (Å²) in [6, 6.07) is 3.01. The fourth-order valence-electron chi connectivity index (χ4n) is 1.29. The summed E-state index contributed by atoms with van der Waals surface area (Å²) >= 11 is 0. The average molecular weight is 212 g/mol. The number of hydrogen-bond acceptors (Lipinski definition) is 4. The van der Waals surface area contributed by atoms with Crippen molar-refractivity contribution < 1.29 is 19.3 Å². The molecule has 0 bridgehead atoms. The minimum absolute atomic E-state index is 0.0997. The number of phenols is 1. The second-order valence-electron chi connectivity index (χ2n) is 2.84. The Hall–Kier alpha value is -1.58. The molecule has 1 N–H and O–H groups in total. The topological polar surface area (TPSA) is 47.9 Å². The van der Waals surface area contributed by atoms with Crippen molar-refractivity contribution in [2.24, 2.45) is 0 Å². The van der Waals surface area contributed by atoms with Crippen LogP contribution in [0.25, 0.3) is 0 Å². The molecule has 84 valence electrons. The molecule has 15 heavy (non-hydrogen) atoms. The molecule has 0 saturated heterocycles. The summed E-state index contributed by atoms with van der Waals surface area (Å²) in [5.74, 6) is 1.59. The Morgan fingerprint density at radius 2 is 1.53 bits per heavy atom. The highest BCUT2D eigenvalue weighted by molar-refractivity contribution is 5.55. The number of methoxy groups -OCH3 is 1. The van der Waals surface area contributed by atoms with Crippen LogP contribution in [0.1, 0.15) is 13.8 Å². The summed E-state index contributed by atoms with van der Waals surface area (Å²) in [5, 5.41) is 9.45. The first kappa shape index (κ1) is 11.5. The second-order valence-corrected chi connectivity index (χ2v) is 2.84. The van der Waals surface area contributed by atoms with Crippen molar-refractivity contribution in [1.29, 1.82) is 0 Å². The Labute approximate surface area is 89.4 Å². The lowest BCUT2D eigenvalue weighted by atomic mass is 10.2. The van der Waals surface area contributed by atoms with E-state index in [0.717, 1.165) is 0 Å². The van der Waals surface area contributed by atoms with Crippen LogP contribution in [0.15, 0.2) is 12.1 Å². The van der Waals surface area contributed by atoms with Crippen LogP contribution in [0.3, 0.4) is 0 Å². The molecular weight excluding hydrogens is 196 g/mol. The SMILES string of the molecule is CCOc1cc(O)cc(OCC)c1OC. The van der Waals surface area contributed by atoms with E-state index in [9.17, 15) is 5.11 Å². The summed E-state index contributed by atoms with van der Waals surface area (Å²) in [7, 11) is 1.54. The summed E-state index contributed by atoms with van der Waals surface area (Å²) < 4.78 is 15.8. The zero-order valence-electron chi connectivity index (χ0n) is 9.24. The van der Waals surface area contributed by atoms with Crippen molar-refractivity contribution >= 4 is 0 Å². The smallest absolute Gasteiger partial charge is 0.203 e. The van der Waals surface area contributed by atoms with Crippen LogP contribution in [0.2, 0.25) is 0 Å². The molecule has 0 aromatic heterocycles. The van der Waals surface area contributed by atoms with Crippen molar-refractivity contribution in [2.75, 3.05) is 20.3 Å². The van der Waals surface area contributed by atoms with Crippen LogP contribution in [0.4, 0.5) is 0 Å². The van der Waals surface area contributed by atoms with E-state index in [2.05, 4.69) is 0 Å². The lowest BCUT2D eigenvalue weighted by molar-refractivity contribution is 0.279. The van der Waals surface area contributed by atoms with E-state index in [1.807, 2.05) is 13.8 Å². The number of aromatic hydroxyl groups is 1. The van der Waals surface area contributed by atoms with Gasteiger partial charge in [-0.1, -0.05) is 0 Å². The van der Waals surface area contributed by atoms with Crippen LogP contribution in [0, 0.1) is 0 Å². The minimum Gasteiger partial charge on any atom is -0.508 e. The number of benzene rings is 1. The minimum atomic E-state index is 0.0997. The zero-order valence-corrected chi connectivity index (χ0v) is 9.24. The molecule has 1 rings (SSSR count). The van der Waals surface area contributed by atoms with Gasteiger partial charge in [0.1, 0.15) is 5.75 Å². The molecule has 0 unspecified atom stereocenters. The Morgan fingerprint density at radius 3 is 1.87 bits per heavy atom. The third kappa shape index (κ3) is 2.68. The van der Waals surface area contributed by atoms with Crippen molar-refractivity contribution in [3.63, 3.8) is 0 Å². The van der Waals surface area contributed by atoms with Crippen molar-refractivity contribution in [3.8, 4) is 23.0 Å². The first-order valence-corrected chi connectivity index (χ1v) is 4.89. The molecular formula is C11H16O4. The maximum absolute atomic E-state index is 9.45. The van der Waals surface area contributed by atoms with Gasteiger partial charge >= 0.3 is 0 Å². The highest BCUT2D eigenvalue weighted by atomic mass is 16.5. The first-order valence-electron chi connectivity index (χ1n) is 4.89. The van der Waals surface area contributed by atoms with Crippen LogP contribution in [-0.4, -0.2) is 25.4 Å². The summed E-state index contributed by atoms with van der Waals surface area (Å²) in [6.45, 7) is 4.74. The maximum atomic E-state index is 9.45. The number of ether oxygens (including phenoxy) is 3. The van der Waals surface area contributed by atoms with Crippen molar-refractivity contribution in [1.82, 2.24) is 0 Å². The van der Waals surface area contributed by atoms with Crippen LogP contribution in [-0.2, 0) is 0 Å². The molecule has 0 radical (unpaired) electrons. The molecule has 0 amide bonds. The molecule has 0 atom stereocenters. The van der Waals surface area contributed by atoms with Gasteiger partial charge in [-0.25, -0.2) is 0 Å². The summed E-state index contributed by atoms with van der Waals surface area (Å²) in [6.07, 6.45) is 0. The Morgan fingerprint density at radius 1 is 1.07 bits per heavy atom. The molecule has 0 aliphatic rings. The van der Waals surface area contributed by atoms with E-state index in [1.165, 1.54) is 19.2 Å². The molecule has 0 fully saturated rings. The Bertz CT molecular complexity index is 295. The first-order chi connectivity index (χ1) is 7.22. The van der Waals surface area contributed by atoms with Gasteiger partial charge in [-0.3, -0.25) is 0 Å². The standard InChI is InChI=1S/C11H16O4/c1-4-14-9-6-8(12)7-10(15-5-2)11(9)13-3/h6-7,12H,4-5H2,1-3H3. The number of hydrogen-bond donors (Lipinski definition) is 1. The van der Waals surface area contributed by atoms with Gasteiger partial charge in [-0.05, 0) is 13.8 Å². The number of rotatable bonds is 5. The predicted molar refractivity (Wildman–Crippen MR) is 57.0 cm³/mol. The molecule has 0 aliphatic heterocycles. The molecule has 0 saturated carbocycles. The largest absolute Gasteiger partial charge is 0.508 e. The zero-order chi connectivity index (χ0) is 11.3. The van der Waals surface area contributed by atoms with Gasteiger partial charge in [0.15, 0.2) is 11.5 Å². The second kappa shape index (κ2) is 5.34. The quantitative estimate of drug-likeness (QED) is 0.812. The maximum Gasteiger partial charge on any atom is 0.203 e. The normalized spacial score (nSPS) is 9.80. The van der Waals surface area contributed by atoms with Gasteiger partial charge in [0, 0.05) is 12.1 Å². The summed E-state index contributed by atoms with van der Waals surface area (Å²) in [5.41, 5.74) is 0. The lowest BCUT2D eigenvalue weighted by Gasteiger charge is -2.14. The van der Waals surface area contributed by atoms with Gasteiger partial charge in [0.25, 0.3) is 0 Å². The highest BCUT2D eigenvalue weighted by Crippen LogP contribution is 2.40. The van der Waals surface area contributed by atoms with E-state index in [4.69, 9.17) is 14.2 Å². The molecule has 4 heteroatoms. The molecule has 0 heterocycles. The van der Waals surface area contributed by atoms with Crippen molar-refractivity contribution in [2.45, 2.75) is 13.8 Å². The van der Waals surface area contributed by atoms with Gasteiger partial charge < -0.3 is 19.3 Å². The average Bonchev–Trinajstić information content (AvgIpc) is 2.18. The van der Waals surface area contributed by atoms with Crippen LogP contribution in [0.5, 0.6) is 23.0 Å². The van der Waals surface area contributed by atoms with E-state index >= 15 is 0 Å². The van der Waals surface area contributed by atoms with E-state index < -0.39 is 0 Å². The fraction of sp³-hybridized carbons (Fsp3) is 0.455. The molecule has 0 spiro atoms. The third-order valence-corrected chi connectivity index (χ3v) is 1.81. The molecule has 0 aliphatic carbocycles.